The number of guanidine groups is 1. The van der Waals surface area contributed by atoms with E-state index in [0.29, 0.717) is 18.5 Å². The first-order valence-electron chi connectivity index (χ1n) is 9.48. The van der Waals surface area contributed by atoms with E-state index in [4.69, 9.17) is 4.42 Å². The number of nitrogens with zero attached hydrogens (tertiary/aromatic N) is 3. The monoisotopic (exact) mass is 355 g/mol. The zero-order chi connectivity index (χ0) is 18.2. The van der Waals surface area contributed by atoms with Crippen LogP contribution in [0, 0.1) is 0 Å². The van der Waals surface area contributed by atoms with Crippen molar-refractivity contribution in [2.45, 2.75) is 38.8 Å². The average molecular weight is 355 g/mol. The summed E-state index contributed by atoms with van der Waals surface area (Å²) in [5.41, 5.74) is 1.84. The van der Waals surface area contributed by atoms with E-state index < -0.39 is 0 Å². The Kier molecular flexibility index (Phi) is 6.66. The molecule has 6 heteroatoms. The van der Waals surface area contributed by atoms with Gasteiger partial charge in [0.25, 0.3) is 0 Å². The number of oxazole rings is 1. The number of benzene rings is 1. The summed E-state index contributed by atoms with van der Waals surface area (Å²) in [5.74, 6) is 1.44. The van der Waals surface area contributed by atoms with Crippen molar-refractivity contribution >= 4 is 5.96 Å². The lowest BCUT2D eigenvalue weighted by Crippen LogP contribution is -2.46. The molecule has 2 heterocycles. The van der Waals surface area contributed by atoms with Gasteiger partial charge in [0.05, 0.1) is 12.2 Å². The van der Waals surface area contributed by atoms with E-state index >= 15 is 0 Å². The van der Waals surface area contributed by atoms with Gasteiger partial charge < -0.3 is 15.1 Å². The largest absolute Gasteiger partial charge is 0.444 e. The lowest BCUT2D eigenvalue weighted by molar-refractivity contribution is 0.236. The Balaban J connectivity index is 1.49. The number of nitrogens with one attached hydrogen (secondary N) is 2. The molecule has 140 valence electrons. The van der Waals surface area contributed by atoms with Gasteiger partial charge in [-0.3, -0.25) is 9.89 Å². The minimum absolute atomic E-state index is 0.563. The van der Waals surface area contributed by atoms with Crippen molar-refractivity contribution in [2.75, 3.05) is 26.7 Å². The average Bonchev–Trinajstić information content (AvgIpc) is 3.37. The van der Waals surface area contributed by atoms with Crippen molar-refractivity contribution in [2.24, 2.45) is 4.99 Å². The molecular formula is C20H29N5O. The Morgan fingerprint density at radius 3 is 2.69 bits per heavy atom. The third-order valence-electron chi connectivity index (χ3n) is 4.87. The van der Waals surface area contributed by atoms with Crippen LogP contribution >= 0.6 is 0 Å². The van der Waals surface area contributed by atoms with E-state index in [1.165, 1.54) is 25.9 Å². The fourth-order valence-electron chi connectivity index (χ4n) is 3.35. The highest BCUT2D eigenvalue weighted by atomic mass is 16.3. The summed E-state index contributed by atoms with van der Waals surface area (Å²) in [6, 6.07) is 10.5. The topological polar surface area (TPSA) is 65.7 Å². The van der Waals surface area contributed by atoms with E-state index in [0.717, 1.165) is 30.2 Å². The Labute approximate surface area is 155 Å². The van der Waals surface area contributed by atoms with Crippen molar-refractivity contribution in [3.8, 4) is 11.5 Å². The van der Waals surface area contributed by atoms with E-state index in [1.54, 1.807) is 13.3 Å². The molecule has 6 nitrogen and oxygen atoms in total. The lowest BCUT2D eigenvalue weighted by atomic mass is 10.2. The second-order valence-electron chi connectivity index (χ2n) is 6.62. The summed E-state index contributed by atoms with van der Waals surface area (Å²) in [4.78, 5) is 11.4. The first-order chi connectivity index (χ1) is 12.8. The molecule has 1 unspecified atom stereocenters. The normalized spacial score (nSPS) is 16.6. The predicted octanol–water partition coefficient (Wildman–Crippen LogP) is 2.88. The summed E-state index contributed by atoms with van der Waals surface area (Å²) >= 11 is 0. The van der Waals surface area contributed by atoms with Gasteiger partial charge in [-0.1, -0.05) is 25.1 Å². The highest BCUT2D eigenvalue weighted by molar-refractivity contribution is 5.79. The molecule has 1 aromatic heterocycles. The number of rotatable bonds is 7. The molecular weight excluding hydrogens is 326 g/mol. The van der Waals surface area contributed by atoms with Gasteiger partial charge in [0.2, 0.25) is 5.89 Å². The highest BCUT2D eigenvalue weighted by Gasteiger charge is 2.20. The van der Waals surface area contributed by atoms with Crippen LogP contribution in [0.5, 0.6) is 0 Å². The summed E-state index contributed by atoms with van der Waals surface area (Å²) in [6.07, 6.45) is 5.48. The van der Waals surface area contributed by atoms with Gasteiger partial charge in [-0.05, 0) is 44.5 Å². The van der Waals surface area contributed by atoms with Crippen molar-refractivity contribution in [3.05, 3.63) is 42.3 Å². The number of hydrogen-bond acceptors (Lipinski definition) is 4. The van der Waals surface area contributed by atoms with Crippen LogP contribution in [0.4, 0.5) is 0 Å². The maximum absolute atomic E-state index is 5.58. The Morgan fingerprint density at radius 1 is 1.23 bits per heavy atom. The van der Waals surface area contributed by atoms with Gasteiger partial charge in [-0.15, -0.1) is 0 Å². The van der Waals surface area contributed by atoms with E-state index in [2.05, 4.69) is 32.4 Å². The molecule has 1 fully saturated rings. The summed E-state index contributed by atoms with van der Waals surface area (Å²) in [5, 5.41) is 6.76. The van der Waals surface area contributed by atoms with Crippen LogP contribution in [-0.4, -0.2) is 48.6 Å². The molecule has 1 aliphatic rings. The zero-order valence-electron chi connectivity index (χ0n) is 15.7. The molecule has 0 spiro atoms. The Morgan fingerprint density at radius 2 is 2.00 bits per heavy atom. The fourth-order valence-corrected chi connectivity index (χ4v) is 3.35. The highest BCUT2D eigenvalue weighted by Crippen LogP contribution is 2.17. The number of likely N-dealkylation sites (tertiary alicyclic amines) is 1. The quantitative estimate of drug-likeness (QED) is 0.591. The third kappa shape index (κ3) is 4.85. The summed E-state index contributed by atoms with van der Waals surface area (Å²) in [6.45, 7) is 6.17. The summed E-state index contributed by atoms with van der Waals surface area (Å²) < 4.78 is 5.58. The maximum atomic E-state index is 5.58. The predicted molar refractivity (Wildman–Crippen MR) is 105 cm³/mol. The van der Waals surface area contributed by atoms with Crippen LogP contribution in [0.2, 0.25) is 0 Å². The molecule has 2 aromatic rings. The van der Waals surface area contributed by atoms with Gasteiger partial charge in [0, 0.05) is 25.2 Å². The molecule has 1 atom stereocenters. The van der Waals surface area contributed by atoms with Gasteiger partial charge in [0.15, 0.2) is 5.96 Å². The number of aliphatic imine (C=N–C) groups is 1. The molecule has 0 saturated carbocycles. The van der Waals surface area contributed by atoms with Crippen molar-refractivity contribution in [1.82, 2.24) is 20.5 Å². The molecule has 26 heavy (non-hydrogen) atoms. The van der Waals surface area contributed by atoms with Crippen LogP contribution < -0.4 is 10.6 Å². The van der Waals surface area contributed by atoms with Crippen LogP contribution in [0.25, 0.3) is 11.5 Å². The standard InChI is InChI=1S/C20H29N5O/c1-3-18(25-11-7-8-12-25)14-23-20(21-2)22-13-17-15-26-19(24-17)16-9-5-4-6-10-16/h4-6,9-10,15,18H,3,7-8,11-14H2,1-2H3,(H2,21,22,23). The van der Waals surface area contributed by atoms with E-state index in [-0.39, 0.29) is 0 Å². The number of aromatic nitrogens is 1. The molecule has 1 saturated heterocycles. The van der Waals surface area contributed by atoms with Crippen LogP contribution in [0.3, 0.4) is 0 Å². The lowest BCUT2D eigenvalue weighted by Gasteiger charge is -2.27. The second kappa shape index (κ2) is 9.38. The van der Waals surface area contributed by atoms with Crippen molar-refractivity contribution in [3.63, 3.8) is 0 Å². The number of hydrogen-bond donors (Lipinski definition) is 2. The molecule has 0 aliphatic carbocycles. The fraction of sp³-hybridized carbons (Fsp3) is 0.500. The molecule has 1 aliphatic heterocycles. The molecule has 0 bridgehead atoms. The smallest absolute Gasteiger partial charge is 0.226 e. The molecule has 0 amide bonds. The van der Waals surface area contributed by atoms with Crippen LogP contribution in [0.15, 0.2) is 46.0 Å². The van der Waals surface area contributed by atoms with E-state index in [1.807, 2.05) is 30.3 Å². The van der Waals surface area contributed by atoms with Crippen molar-refractivity contribution < 1.29 is 4.42 Å². The minimum atomic E-state index is 0.563. The van der Waals surface area contributed by atoms with Gasteiger partial charge >= 0.3 is 0 Å². The Hall–Kier alpha value is -2.34. The van der Waals surface area contributed by atoms with Gasteiger partial charge in [-0.25, -0.2) is 4.98 Å². The molecule has 3 rings (SSSR count). The maximum Gasteiger partial charge on any atom is 0.226 e. The van der Waals surface area contributed by atoms with Crippen LogP contribution in [-0.2, 0) is 6.54 Å². The second-order valence-corrected chi connectivity index (χ2v) is 6.62. The van der Waals surface area contributed by atoms with E-state index in [9.17, 15) is 0 Å². The minimum Gasteiger partial charge on any atom is -0.444 e. The SMILES string of the molecule is CCC(CNC(=NC)NCc1coc(-c2ccccc2)n1)N1CCCC1. The molecule has 1 aromatic carbocycles. The van der Waals surface area contributed by atoms with Gasteiger partial charge in [0.1, 0.15) is 6.26 Å². The Bertz CT molecular complexity index is 691. The molecule has 2 N–H and O–H groups in total. The van der Waals surface area contributed by atoms with Crippen LogP contribution in [0.1, 0.15) is 31.9 Å². The third-order valence-corrected chi connectivity index (χ3v) is 4.87. The first-order valence-corrected chi connectivity index (χ1v) is 9.48. The zero-order valence-corrected chi connectivity index (χ0v) is 15.7. The van der Waals surface area contributed by atoms with Crippen molar-refractivity contribution in [1.29, 1.82) is 0 Å². The summed E-state index contributed by atoms with van der Waals surface area (Å²) in [7, 11) is 1.80. The molecule has 0 radical (unpaired) electrons. The first kappa shape index (κ1) is 18.5. The van der Waals surface area contributed by atoms with Gasteiger partial charge in [-0.2, -0.15) is 0 Å².